The van der Waals surface area contributed by atoms with Crippen molar-refractivity contribution in [1.82, 2.24) is 14.8 Å². The SMILES string of the molecule is CNc1ccn2nncc2c1. The Hall–Kier alpha value is -1.58. The molecular weight excluding hydrogens is 140 g/mol. The van der Waals surface area contributed by atoms with Crippen LogP contribution in [0, 0.1) is 0 Å². The zero-order valence-corrected chi connectivity index (χ0v) is 6.15. The second kappa shape index (κ2) is 2.23. The highest BCUT2D eigenvalue weighted by molar-refractivity contribution is 5.56. The minimum Gasteiger partial charge on any atom is -0.388 e. The molecule has 2 heterocycles. The van der Waals surface area contributed by atoms with Crippen LogP contribution in [0.25, 0.3) is 5.52 Å². The van der Waals surface area contributed by atoms with Gasteiger partial charge in [-0.05, 0) is 12.1 Å². The summed E-state index contributed by atoms with van der Waals surface area (Å²) in [5.74, 6) is 0. The Bertz CT molecular complexity index is 365. The average Bonchev–Trinajstić information content (AvgIpc) is 2.50. The van der Waals surface area contributed by atoms with E-state index < -0.39 is 0 Å². The molecule has 0 bridgehead atoms. The molecule has 0 saturated carbocycles. The monoisotopic (exact) mass is 148 g/mol. The van der Waals surface area contributed by atoms with Crippen molar-refractivity contribution < 1.29 is 0 Å². The van der Waals surface area contributed by atoms with Crippen LogP contribution in [0.5, 0.6) is 0 Å². The zero-order chi connectivity index (χ0) is 7.68. The van der Waals surface area contributed by atoms with Gasteiger partial charge in [0.2, 0.25) is 0 Å². The van der Waals surface area contributed by atoms with Crippen molar-refractivity contribution in [3.63, 3.8) is 0 Å². The zero-order valence-electron chi connectivity index (χ0n) is 6.15. The van der Waals surface area contributed by atoms with Crippen molar-refractivity contribution in [1.29, 1.82) is 0 Å². The molecule has 0 aliphatic heterocycles. The van der Waals surface area contributed by atoms with E-state index in [9.17, 15) is 0 Å². The van der Waals surface area contributed by atoms with Crippen molar-refractivity contribution in [2.75, 3.05) is 12.4 Å². The lowest BCUT2D eigenvalue weighted by Gasteiger charge is -1.97. The third-order valence-electron chi connectivity index (χ3n) is 1.59. The quantitative estimate of drug-likeness (QED) is 0.649. The fraction of sp³-hybridized carbons (Fsp3) is 0.143. The Morgan fingerprint density at radius 2 is 2.45 bits per heavy atom. The Morgan fingerprint density at radius 3 is 3.27 bits per heavy atom. The number of anilines is 1. The van der Waals surface area contributed by atoms with Crippen LogP contribution in [-0.4, -0.2) is 21.9 Å². The molecule has 1 N–H and O–H groups in total. The van der Waals surface area contributed by atoms with E-state index in [0.717, 1.165) is 11.2 Å². The Morgan fingerprint density at radius 1 is 1.55 bits per heavy atom. The first kappa shape index (κ1) is 6.15. The van der Waals surface area contributed by atoms with Gasteiger partial charge in [0.25, 0.3) is 0 Å². The van der Waals surface area contributed by atoms with E-state index in [0.29, 0.717) is 0 Å². The summed E-state index contributed by atoms with van der Waals surface area (Å²) in [6, 6.07) is 3.93. The van der Waals surface area contributed by atoms with Crippen LogP contribution < -0.4 is 5.32 Å². The maximum absolute atomic E-state index is 3.83. The molecule has 4 nitrogen and oxygen atoms in total. The molecule has 0 aliphatic carbocycles. The van der Waals surface area contributed by atoms with Gasteiger partial charge in [-0.1, -0.05) is 5.21 Å². The van der Waals surface area contributed by atoms with Gasteiger partial charge in [0, 0.05) is 18.9 Å². The molecule has 2 rings (SSSR count). The van der Waals surface area contributed by atoms with Crippen molar-refractivity contribution >= 4 is 11.2 Å². The van der Waals surface area contributed by atoms with E-state index in [-0.39, 0.29) is 0 Å². The molecule has 0 aromatic carbocycles. The van der Waals surface area contributed by atoms with Gasteiger partial charge in [0.15, 0.2) is 0 Å². The first-order valence-corrected chi connectivity index (χ1v) is 3.38. The lowest BCUT2D eigenvalue weighted by molar-refractivity contribution is 0.856. The summed E-state index contributed by atoms with van der Waals surface area (Å²) in [6.07, 6.45) is 3.59. The number of nitrogens with one attached hydrogen (secondary N) is 1. The smallest absolute Gasteiger partial charge is 0.0885 e. The molecule has 0 amide bonds. The van der Waals surface area contributed by atoms with Crippen LogP contribution in [-0.2, 0) is 0 Å². The number of hydrogen-bond donors (Lipinski definition) is 1. The summed E-state index contributed by atoms with van der Waals surface area (Å²) >= 11 is 0. The van der Waals surface area contributed by atoms with E-state index in [1.165, 1.54) is 0 Å². The van der Waals surface area contributed by atoms with E-state index in [1.807, 2.05) is 25.4 Å². The maximum Gasteiger partial charge on any atom is 0.0885 e. The Balaban J connectivity index is 2.67. The number of rotatable bonds is 1. The highest BCUT2D eigenvalue weighted by Gasteiger charge is 1.93. The fourth-order valence-corrected chi connectivity index (χ4v) is 0.985. The molecular formula is C7H8N4. The second-order valence-electron chi connectivity index (χ2n) is 2.27. The second-order valence-corrected chi connectivity index (χ2v) is 2.27. The average molecular weight is 148 g/mol. The molecule has 2 aromatic heterocycles. The van der Waals surface area contributed by atoms with Gasteiger partial charge in [-0.2, -0.15) is 0 Å². The van der Waals surface area contributed by atoms with Gasteiger partial charge in [-0.15, -0.1) is 5.10 Å². The molecule has 0 saturated heterocycles. The van der Waals surface area contributed by atoms with Crippen LogP contribution >= 0.6 is 0 Å². The number of aromatic nitrogens is 3. The van der Waals surface area contributed by atoms with E-state index in [4.69, 9.17) is 0 Å². The molecule has 0 spiro atoms. The van der Waals surface area contributed by atoms with Crippen LogP contribution in [0.4, 0.5) is 5.69 Å². The third kappa shape index (κ3) is 0.920. The molecule has 2 aromatic rings. The number of nitrogens with zero attached hydrogens (tertiary/aromatic N) is 3. The van der Waals surface area contributed by atoms with Crippen LogP contribution in [0.15, 0.2) is 24.5 Å². The number of pyridine rings is 1. The molecule has 4 heteroatoms. The standard InChI is InChI=1S/C7H8N4/c1-8-6-2-3-11-7(4-6)5-9-10-11/h2-5,8H,1H3. The molecule has 0 fully saturated rings. The predicted molar refractivity (Wildman–Crippen MR) is 42.5 cm³/mol. The predicted octanol–water partition coefficient (Wildman–Crippen LogP) is 0.771. The summed E-state index contributed by atoms with van der Waals surface area (Å²) < 4.78 is 1.72. The van der Waals surface area contributed by atoms with Crippen molar-refractivity contribution in [3.05, 3.63) is 24.5 Å². The van der Waals surface area contributed by atoms with Gasteiger partial charge in [0.05, 0.1) is 11.7 Å². The van der Waals surface area contributed by atoms with Crippen LogP contribution in [0.1, 0.15) is 0 Å². The van der Waals surface area contributed by atoms with Crippen LogP contribution in [0.3, 0.4) is 0 Å². The minimum atomic E-state index is 0.997. The summed E-state index contributed by atoms with van der Waals surface area (Å²) in [6.45, 7) is 0. The highest BCUT2D eigenvalue weighted by Crippen LogP contribution is 2.08. The van der Waals surface area contributed by atoms with Gasteiger partial charge >= 0.3 is 0 Å². The first-order chi connectivity index (χ1) is 5.40. The summed E-state index contributed by atoms with van der Waals surface area (Å²) in [7, 11) is 1.88. The molecule has 11 heavy (non-hydrogen) atoms. The topological polar surface area (TPSA) is 42.2 Å². The van der Waals surface area contributed by atoms with Crippen molar-refractivity contribution in [2.24, 2.45) is 0 Å². The van der Waals surface area contributed by atoms with E-state index in [1.54, 1.807) is 10.7 Å². The van der Waals surface area contributed by atoms with Gasteiger partial charge in [0.1, 0.15) is 0 Å². The van der Waals surface area contributed by atoms with Crippen molar-refractivity contribution in [3.8, 4) is 0 Å². The summed E-state index contributed by atoms with van der Waals surface area (Å²) in [5, 5.41) is 10.6. The Kier molecular flexibility index (Phi) is 1.25. The molecule has 0 radical (unpaired) electrons. The van der Waals surface area contributed by atoms with Crippen molar-refractivity contribution in [2.45, 2.75) is 0 Å². The lowest BCUT2D eigenvalue weighted by Crippen LogP contribution is -1.90. The maximum atomic E-state index is 3.83. The molecule has 0 atom stereocenters. The minimum absolute atomic E-state index is 0.997. The number of hydrogen-bond acceptors (Lipinski definition) is 3. The largest absolute Gasteiger partial charge is 0.388 e. The van der Waals surface area contributed by atoms with Gasteiger partial charge < -0.3 is 5.32 Å². The van der Waals surface area contributed by atoms with Gasteiger partial charge in [-0.25, -0.2) is 4.52 Å². The molecule has 0 unspecified atom stereocenters. The number of fused-ring (bicyclic) bond motifs is 1. The molecule has 56 valence electrons. The summed E-state index contributed by atoms with van der Waals surface area (Å²) in [4.78, 5) is 0. The third-order valence-corrected chi connectivity index (χ3v) is 1.59. The van der Waals surface area contributed by atoms with Crippen LogP contribution in [0.2, 0.25) is 0 Å². The molecule has 0 aliphatic rings. The van der Waals surface area contributed by atoms with E-state index in [2.05, 4.69) is 15.6 Å². The highest BCUT2D eigenvalue weighted by atomic mass is 15.4. The van der Waals surface area contributed by atoms with E-state index >= 15 is 0 Å². The lowest BCUT2D eigenvalue weighted by atomic mass is 10.4. The first-order valence-electron chi connectivity index (χ1n) is 3.38. The normalized spacial score (nSPS) is 10.3. The Labute approximate surface area is 63.8 Å². The van der Waals surface area contributed by atoms with Gasteiger partial charge in [-0.3, -0.25) is 0 Å². The summed E-state index contributed by atoms with van der Waals surface area (Å²) in [5.41, 5.74) is 2.07. The fourth-order valence-electron chi connectivity index (χ4n) is 0.985.